The fourth-order valence-electron chi connectivity index (χ4n) is 3.11. The summed E-state index contributed by atoms with van der Waals surface area (Å²) in [5.74, 6) is 3.84. The Kier molecular flexibility index (Phi) is 8.19. The van der Waals surface area contributed by atoms with Crippen molar-refractivity contribution in [3.05, 3.63) is 23.8 Å². The number of halogens is 1. The van der Waals surface area contributed by atoms with Gasteiger partial charge in [-0.15, -0.1) is 24.0 Å². The minimum atomic E-state index is -0.0461. The molecule has 0 saturated carbocycles. The van der Waals surface area contributed by atoms with Gasteiger partial charge in [0, 0.05) is 30.8 Å². The van der Waals surface area contributed by atoms with Gasteiger partial charge < -0.3 is 20.1 Å². The van der Waals surface area contributed by atoms with Gasteiger partial charge in [0.2, 0.25) is 0 Å². The van der Waals surface area contributed by atoms with Gasteiger partial charge in [-0.05, 0) is 36.3 Å². The van der Waals surface area contributed by atoms with E-state index in [1.54, 1.807) is 0 Å². The number of aliphatic imine (C=N–C) groups is 1. The van der Waals surface area contributed by atoms with E-state index in [9.17, 15) is 0 Å². The lowest BCUT2D eigenvalue weighted by atomic mass is 9.84. The SMILES string of the molecule is CN=C(NCC1CCCS1)NCC(C)(C)c1ccc2c(c1)OCCO2.I. The van der Waals surface area contributed by atoms with Crippen LogP contribution in [-0.2, 0) is 5.41 Å². The lowest BCUT2D eigenvalue weighted by Crippen LogP contribution is -2.45. The molecule has 1 aromatic rings. The molecule has 26 heavy (non-hydrogen) atoms. The number of thioether (sulfide) groups is 1. The number of fused-ring (bicyclic) bond motifs is 1. The molecule has 7 heteroatoms. The molecule has 1 aromatic carbocycles. The number of nitrogens with one attached hydrogen (secondary N) is 2. The summed E-state index contributed by atoms with van der Waals surface area (Å²) in [5, 5.41) is 7.64. The third-order valence-corrected chi connectivity index (χ3v) is 6.16. The number of guanidine groups is 1. The minimum absolute atomic E-state index is 0. The normalized spacial score (nSPS) is 19.7. The second-order valence-corrected chi connectivity index (χ2v) is 8.59. The molecule has 2 aliphatic heterocycles. The highest BCUT2D eigenvalue weighted by Gasteiger charge is 2.24. The Labute approximate surface area is 178 Å². The highest BCUT2D eigenvalue weighted by Crippen LogP contribution is 2.34. The monoisotopic (exact) mass is 491 g/mol. The summed E-state index contributed by atoms with van der Waals surface area (Å²) < 4.78 is 11.3. The third kappa shape index (κ3) is 5.58. The fourth-order valence-corrected chi connectivity index (χ4v) is 4.31. The second kappa shape index (κ2) is 9.92. The highest BCUT2D eigenvalue weighted by atomic mass is 127. The molecule has 0 aromatic heterocycles. The fraction of sp³-hybridized carbons (Fsp3) is 0.632. The zero-order valence-corrected chi connectivity index (χ0v) is 19.0. The predicted molar refractivity (Wildman–Crippen MR) is 121 cm³/mol. The molecule has 5 nitrogen and oxygen atoms in total. The summed E-state index contributed by atoms with van der Waals surface area (Å²) in [6.07, 6.45) is 2.64. The van der Waals surface area contributed by atoms with Crippen LogP contribution in [0.1, 0.15) is 32.3 Å². The average Bonchev–Trinajstić information content (AvgIpc) is 3.15. The quantitative estimate of drug-likeness (QED) is 0.376. The van der Waals surface area contributed by atoms with E-state index in [2.05, 4.69) is 53.4 Å². The molecule has 146 valence electrons. The number of hydrogen-bond acceptors (Lipinski definition) is 4. The maximum atomic E-state index is 5.72. The standard InChI is InChI=1S/C19H29N3O2S.HI/c1-19(2,14-6-7-16-17(11-14)24-9-8-23-16)13-22-18(20-3)21-12-15-5-4-10-25-15;/h6-7,11,15H,4-5,8-10,12-13H2,1-3H3,(H2,20,21,22);1H. The molecule has 0 spiro atoms. The molecular formula is C19H30IN3O2S. The van der Waals surface area contributed by atoms with Crippen LogP contribution in [-0.4, -0.2) is 50.3 Å². The van der Waals surface area contributed by atoms with Crippen molar-refractivity contribution in [1.29, 1.82) is 0 Å². The van der Waals surface area contributed by atoms with E-state index < -0.39 is 0 Å². The molecule has 0 aliphatic carbocycles. The van der Waals surface area contributed by atoms with Crippen LogP contribution < -0.4 is 20.1 Å². The van der Waals surface area contributed by atoms with E-state index in [0.717, 1.165) is 30.5 Å². The van der Waals surface area contributed by atoms with E-state index in [-0.39, 0.29) is 29.4 Å². The highest BCUT2D eigenvalue weighted by molar-refractivity contribution is 14.0. The molecule has 1 saturated heterocycles. The maximum absolute atomic E-state index is 5.72. The predicted octanol–water partition coefficient (Wildman–Crippen LogP) is 3.41. The molecule has 3 rings (SSSR count). The van der Waals surface area contributed by atoms with Gasteiger partial charge >= 0.3 is 0 Å². The van der Waals surface area contributed by atoms with Crippen LogP contribution in [0.2, 0.25) is 0 Å². The first-order valence-electron chi connectivity index (χ1n) is 9.05. The Balaban J connectivity index is 0.00000243. The number of rotatable bonds is 5. The van der Waals surface area contributed by atoms with Gasteiger partial charge in [0.1, 0.15) is 13.2 Å². The van der Waals surface area contributed by atoms with E-state index in [1.165, 1.54) is 24.2 Å². The van der Waals surface area contributed by atoms with Crippen molar-refractivity contribution >= 4 is 41.7 Å². The molecule has 0 bridgehead atoms. The molecule has 2 aliphatic rings. The first-order valence-corrected chi connectivity index (χ1v) is 10.1. The van der Waals surface area contributed by atoms with Gasteiger partial charge in [-0.3, -0.25) is 4.99 Å². The van der Waals surface area contributed by atoms with Crippen molar-refractivity contribution in [2.24, 2.45) is 4.99 Å². The summed E-state index contributed by atoms with van der Waals surface area (Å²) in [4.78, 5) is 4.36. The zero-order chi connectivity index (χ0) is 17.7. The van der Waals surface area contributed by atoms with Gasteiger partial charge in [0.15, 0.2) is 17.5 Å². The molecule has 1 fully saturated rings. The number of nitrogens with zero attached hydrogens (tertiary/aromatic N) is 1. The van der Waals surface area contributed by atoms with Gasteiger partial charge in [-0.2, -0.15) is 11.8 Å². The van der Waals surface area contributed by atoms with Crippen LogP contribution in [0.25, 0.3) is 0 Å². The lowest BCUT2D eigenvalue weighted by Gasteiger charge is -2.28. The summed E-state index contributed by atoms with van der Waals surface area (Å²) in [5.41, 5.74) is 1.18. The van der Waals surface area contributed by atoms with Crippen molar-refractivity contribution in [1.82, 2.24) is 10.6 Å². The summed E-state index contributed by atoms with van der Waals surface area (Å²) in [7, 11) is 1.83. The maximum Gasteiger partial charge on any atom is 0.191 e. The molecule has 0 amide bonds. The summed E-state index contributed by atoms with van der Waals surface area (Å²) in [6.45, 7) is 7.47. The first-order chi connectivity index (χ1) is 12.1. The van der Waals surface area contributed by atoms with E-state index in [1.807, 2.05) is 13.1 Å². The molecule has 2 N–H and O–H groups in total. The molecule has 1 atom stereocenters. The van der Waals surface area contributed by atoms with Gasteiger partial charge in [0.25, 0.3) is 0 Å². The van der Waals surface area contributed by atoms with Crippen LogP contribution >= 0.6 is 35.7 Å². The lowest BCUT2D eigenvalue weighted by molar-refractivity contribution is 0.171. The number of ether oxygens (including phenoxy) is 2. The summed E-state index contributed by atoms with van der Waals surface area (Å²) >= 11 is 2.06. The minimum Gasteiger partial charge on any atom is -0.486 e. The Hall–Kier alpha value is -0.830. The van der Waals surface area contributed by atoms with Crippen LogP contribution in [0.5, 0.6) is 11.5 Å². The van der Waals surface area contributed by atoms with Crippen molar-refractivity contribution in [3.8, 4) is 11.5 Å². The Bertz CT molecular complexity index is 619. The first kappa shape index (κ1) is 21.5. The van der Waals surface area contributed by atoms with Crippen LogP contribution in [0.15, 0.2) is 23.2 Å². The van der Waals surface area contributed by atoms with Gasteiger partial charge in [0.05, 0.1) is 0 Å². The van der Waals surface area contributed by atoms with Crippen LogP contribution in [0, 0.1) is 0 Å². The van der Waals surface area contributed by atoms with Crippen molar-refractivity contribution in [2.75, 3.05) is 39.1 Å². The van der Waals surface area contributed by atoms with Crippen LogP contribution in [0.4, 0.5) is 0 Å². The molecule has 1 unspecified atom stereocenters. The molecular weight excluding hydrogens is 461 g/mol. The smallest absolute Gasteiger partial charge is 0.191 e. The number of benzene rings is 1. The van der Waals surface area contributed by atoms with Crippen molar-refractivity contribution in [2.45, 2.75) is 37.4 Å². The largest absolute Gasteiger partial charge is 0.486 e. The number of hydrogen-bond donors (Lipinski definition) is 2. The average molecular weight is 491 g/mol. The van der Waals surface area contributed by atoms with E-state index in [4.69, 9.17) is 9.47 Å². The van der Waals surface area contributed by atoms with Gasteiger partial charge in [-0.1, -0.05) is 19.9 Å². The van der Waals surface area contributed by atoms with Crippen molar-refractivity contribution in [3.63, 3.8) is 0 Å². The Morgan fingerprint density at radius 1 is 1.23 bits per heavy atom. The van der Waals surface area contributed by atoms with Crippen LogP contribution in [0.3, 0.4) is 0 Å². The van der Waals surface area contributed by atoms with E-state index >= 15 is 0 Å². The topological polar surface area (TPSA) is 54.9 Å². The third-order valence-electron chi connectivity index (χ3n) is 4.77. The molecule has 0 radical (unpaired) electrons. The second-order valence-electron chi connectivity index (χ2n) is 7.18. The Morgan fingerprint density at radius 2 is 2.00 bits per heavy atom. The van der Waals surface area contributed by atoms with Crippen molar-refractivity contribution < 1.29 is 9.47 Å². The Morgan fingerprint density at radius 3 is 2.69 bits per heavy atom. The van der Waals surface area contributed by atoms with Gasteiger partial charge in [-0.25, -0.2) is 0 Å². The molecule has 2 heterocycles. The summed E-state index contributed by atoms with van der Waals surface area (Å²) in [6, 6.07) is 6.23. The van der Waals surface area contributed by atoms with E-state index in [0.29, 0.717) is 18.5 Å². The zero-order valence-electron chi connectivity index (χ0n) is 15.8.